The third-order valence-corrected chi connectivity index (χ3v) is 4.27. The van der Waals surface area contributed by atoms with Crippen LogP contribution in [0, 0.1) is 10.1 Å². The van der Waals surface area contributed by atoms with Gasteiger partial charge in [0.25, 0.3) is 5.69 Å². The Morgan fingerprint density at radius 3 is 2.62 bits per heavy atom. The van der Waals surface area contributed by atoms with E-state index in [2.05, 4.69) is 15.2 Å². The molecule has 0 unspecified atom stereocenters. The molecule has 0 atom stereocenters. The summed E-state index contributed by atoms with van der Waals surface area (Å²) in [6, 6.07) is 9.97. The first kappa shape index (κ1) is 17.6. The van der Waals surface area contributed by atoms with Crippen molar-refractivity contribution < 1.29 is 9.72 Å². The Morgan fingerprint density at radius 2 is 1.92 bits per heavy atom. The maximum absolute atomic E-state index is 12.0. The zero-order chi connectivity index (χ0) is 18.4. The van der Waals surface area contributed by atoms with Gasteiger partial charge in [-0.3, -0.25) is 14.9 Å². The number of nitrogens with zero attached hydrogens (tertiary/aromatic N) is 3. The maximum atomic E-state index is 12.0. The van der Waals surface area contributed by atoms with Crippen molar-refractivity contribution in [1.29, 1.82) is 0 Å². The summed E-state index contributed by atoms with van der Waals surface area (Å²) in [4.78, 5) is 29.1. The Morgan fingerprint density at radius 1 is 1.15 bits per heavy atom. The van der Waals surface area contributed by atoms with E-state index in [1.54, 1.807) is 30.5 Å². The van der Waals surface area contributed by atoms with Crippen LogP contribution in [0.3, 0.4) is 0 Å². The molecule has 1 aliphatic rings. The van der Waals surface area contributed by atoms with Gasteiger partial charge in [0.1, 0.15) is 5.82 Å². The van der Waals surface area contributed by atoms with Gasteiger partial charge >= 0.3 is 0 Å². The molecule has 0 bridgehead atoms. The molecule has 1 saturated heterocycles. The van der Waals surface area contributed by atoms with E-state index in [0.717, 1.165) is 18.8 Å². The smallest absolute Gasteiger partial charge is 0.276 e. The van der Waals surface area contributed by atoms with E-state index >= 15 is 0 Å². The lowest BCUT2D eigenvalue weighted by Crippen LogP contribution is -2.29. The number of amides is 1. The number of aromatic nitrogens is 1. The van der Waals surface area contributed by atoms with E-state index < -0.39 is 4.92 Å². The van der Waals surface area contributed by atoms with Crippen LogP contribution >= 0.6 is 0 Å². The van der Waals surface area contributed by atoms with Crippen LogP contribution in [0.2, 0.25) is 0 Å². The molecule has 1 aromatic carbocycles. The molecule has 0 aliphatic carbocycles. The molecule has 1 aliphatic heterocycles. The second-order valence-electron chi connectivity index (χ2n) is 6.09. The number of benzene rings is 1. The second kappa shape index (κ2) is 8.24. The van der Waals surface area contributed by atoms with Crippen LogP contribution in [0.25, 0.3) is 6.08 Å². The van der Waals surface area contributed by atoms with E-state index in [-0.39, 0.29) is 11.6 Å². The number of anilines is 2. The number of pyridine rings is 1. The molecule has 1 fully saturated rings. The first-order valence-corrected chi connectivity index (χ1v) is 8.57. The van der Waals surface area contributed by atoms with E-state index in [4.69, 9.17) is 0 Å². The molecular formula is C19H20N4O3. The zero-order valence-corrected chi connectivity index (χ0v) is 14.3. The Labute approximate surface area is 151 Å². The van der Waals surface area contributed by atoms with Crippen LogP contribution in [0.15, 0.2) is 48.7 Å². The highest BCUT2D eigenvalue weighted by Crippen LogP contribution is 2.21. The number of nitro benzene ring substituents is 1. The maximum Gasteiger partial charge on any atom is 0.276 e. The molecule has 134 valence electrons. The molecule has 3 rings (SSSR count). The summed E-state index contributed by atoms with van der Waals surface area (Å²) in [6.45, 7) is 2.07. The summed E-state index contributed by atoms with van der Waals surface area (Å²) in [5, 5.41) is 13.6. The molecule has 0 spiro atoms. The highest BCUT2D eigenvalue weighted by molar-refractivity contribution is 6.01. The summed E-state index contributed by atoms with van der Waals surface area (Å²) in [7, 11) is 0. The van der Waals surface area contributed by atoms with Gasteiger partial charge < -0.3 is 10.2 Å². The third-order valence-electron chi connectivity index (χ3n) is 4.27. The lowest BCUT2D eigenvalue weighted by Gasteiger charge is -2.28. The van der Waals surface area contributed by atoms with Crippen molar-refractivity contribution in [3.8, 4) is 0 Å². The summed E-state index contributed by atoms with van der Waals surface area (Å²) in [5.74, 6) is 0.0596. The van der Waals surface area contributed by atoms with E-state index in [9.17, 15) is 14.9 Å². The topological polar surface area (TPSA) is 88.4 Å². The monoisotopic (exact) mass is 352 g/mol. The number of para-hydroxylation sites is 1. The van der Waals surface area contributed by atoms with Crippen molar-refractivity contribution in [2.24, 2.45) is 0 Å². The van der Waals surface area contributed by atoms with E-state index in [1.807, 2.05) is 6.07 Å². The van der Waals surface area contributed by atoms with Crippen molar-refractivity contribution in [3.63, 3.8) is 0 Å². The fraction of sp³-hybridized carbons (Fsp3) is 0.263. The van der Waals surface area contributed by atoms with Crippen LogP contribution in [0.5, 0.6) is 0 Å². The van der Waals surface area contributed by atoms with Gasteiger partial charge in [0.2, 0.25) is 5.91 Å². The number of hydrogen-bond acceptors (Lipinski definition) is 5. The molecule has 0 saturated carbocycles. The van der Waals surface area contributed by atoms with Crippen molar-refractivity contribution >= 4 is 29.2 Å². The van der Waals surface area contributed by atoms with Crippen LogP contribution < -0.4 is 10.2 Å². The predicted molar refractivity (Wildman–Crippen MR) is 101 cm³/mol. The minimum absolute atomic E-state index is 0.0411. The lowest BCUT2D eigenvalue weighted by molar-refractivity contribution is -0.385. The highest BCUT2D eigenvalue weighted by Gasteiger charge is 2.12. The third kappa shape index (κ3) is 4.44. The van der Waals surface area contributed by atoms with Gasteiger partial charge in [-0.2, -0.15) is 0 Å². The highest BCUT2D eigenvalue weighted by atomic mass is 16.6. The molecule has 26 heavy (non-hydrogen) atoms. The van der Waals surface area contributed by atoms with E-state index in [1.165, 1.54) is 37.5 Å². The standard InChI is InChI=1S/C19H20N4O3/c24-19(11-8-15-6-2-3-7-17(15)23(25)26)21-18-10-9-16(14-20-18)22-12-4-1-5-13-22/h2-3,6-11,14H,1,4-5,12-13H2,(H,20,21,24)/b11-8+. The first-order chi connectivity index (χ1) is 12.6. The van der Waals surface area contributed by atoms with Crippen molar-refractivity contribution in [3.05, 3.63) is 64.3 Å². The molecule has 1 N–H and O–H groups in total. The fourth-order valence-electron chi connectivity index (χ4n) is 2.93. The largest absolute Gasteiger partial charge is 0.370 e. The van der Waals surface area contributed by atoms with Crippen LogP contribution in [0.1, 0.15) is 24.8 Å². The van der Waals surface area contributed by atoms with Gasteiger partial charge in [-0.1, -0.05) is 12.1 Å². The van der Waals surface area contributed by atoms with E-state index in [0.29, 0.717) is 11.4 Å². The van der Waals surface area contributed by atoms with Crippen molar-refractivity contribution in [2.45, 2.75) is 19.3 Å². The zero-order valence-electron chi connectivity index (χ0n) is 14.3. The Hall–Kier alpha value is -3.22. The number of carbonyl (C=O) groups excluding carboxylic acids is 1. The summed E-state index contributed by atoms with van der Waals surface area (Å²) >= 11 is 0. The number of piperidine rings is 1. The number of nitro groups is 1. The van der Waals surface area contributed by atoms with Gasteiger partial charge in [0.05, 0.1) is 22.4 Å². The molecule has 7 heteroatoms. The normalized spacial score (nSPS) is 14.4. The van der Waals surface area contributed by atoms with Crippen molar-refractivity contribution in [1.82, 2.24) is 4.98 Å². The summed E-state index contributed by atoms with van der Waals surface area (Å²) < 4.78 is 0. The average Bonchev–Trinajstić information content (AvgIpc) is 2.68. The molecule has 1 aromatic heterocycles. The minimum atomic E-state index is -0.474. The average molecular weight is 352 g/mol. The van der Waals surface area contributed by atoms with Gasteiger partial charge in [0.15, 0.2) is 0 Å². The van der Waals surface area contributed by atoms with Crippen LogP contribution in [0.4, 0.5) is 17.2 Å². The molecule has 2 heterocycles. The van der Waals surface area contributed by atoms with Gasteiger partial charge in [-0.05, 0) is 43.5 Å². The predicted octanol–water partition coefficient (Wildman–Crippen LogP) is 3.63. The molecule has 0 radical (unpaired) electrons. The lowest BCUT2D eigenvalue weighted by atomic mass is 10.1. The Bertz CT molecular complexity index is 812. The summed E-state index contributed by atoms with van der Waals surface area (Å²) in [5.41, 5.74) is 1.39. The Balaban J connectivity index is 1.62. The fourth-order valence-corrected chi connectivity index (χ4v) is 2.93. The number of nitrogens with one attached hydrogen (secondary N) is 1. The number of carbonyl (C=O) groups is 1. The number of rotatable bonds is 5. The SMILES string of the molecule is O=C(/C=C/c1ccccc1[N+](=O)[O-])Nc1ccc(N2CCCCC2)cn1. The van der Waals surface area contributed by atoms with Crippen LogP contribution in [-0.2, 0) is 4.79 Å². The molecule has 7 nitrogen and oxygen atoms in total. The van der Waals surface area contributed by atoms with Gasteiger partial charge in [-0.25, -0.2) is 4.98 Å². The molecule has 1 amide bonds. The van der Waals surface area contributed by atoms with Gasteiger partial charge in [0, 0.05) is 25.2 Å². The number of hydrogen-bond donors (Lipinski definition) is 1. The second-order valence-corrected chi connectivity index (χ2v) is 6.09. The van der Waals surface area contributed by atoms with Crippen molar-refractivity contribution in [2.75, 3.05) is 23.3 Å². The quantitative estimate of drug-likeness (QED) is 0.504. The minimum Gasteiger partial charge on any atom is -0.370 e. The van der Waals surface area contributed by atoms with Gasteiger partial charge in [-0.15, -0.1) is 0 Å². The molecule has 2 aromatic rings. The Kier molecular flexibility index (Phi) is 5.58. The van der Waals surface area contributed by atoms with Crippen LogP contribution in [-0.4, -0.2) is 28.9 Å². The first-order valence-electron chi connectivity index (χ1n) is 8.57. The summed E-state index contributed by atoms with van der Waals surface area (Å²) in [6.07, 6.45) is 8.10. The molecular weight excluding hydrogens is 332 g/mol.